The molecule has 0 spiro atoms. The molecule has 0 fully saturated rings. The van der Waals surface area contributed by atoms with E-state index in [9.17, 15) is 0 Å². The van der Waals surface area contributed by atoms with Crippen LogP contribution in [0.5, 0.6) is 46.0 Å². The Morgan fingerprint density at radius 1 is 0.212 bits per heavy atom. The van der Waals surface area contributed by atoms with Crippen LogP contribution < -0.4 is 37.9 Å². The van der Waals surface area contributed by atoms with Gasteiger partial charge in [0.15, 0.2) is 0 Å². The molecular formula is C76H96O8S20. The third-order valence-corrected chi connectivity index (χ3v) is 38.7. The van der Waals surface area contributed by atoms with Gasteiger partial charge in [-0.3, -0.25) is 0 Å². The third-order valence-electron chi connectivity index (χ3n) is 16.0. The van der Waals surface area contributed by atoms with E-state index in [1.54, 1.807) is 90.7 Å². The van der Waals surface area contributed by atoms with Crippen LogP contribution in [0.15, 0.2) is 82.2 Å². The lowest BCUT2D eigenvalue weighted by molar-refractivity contribution is 0.297. The lowest BCUT2D eigenvalue weighted by atomic mass is 10.1. The molecule has 8 aromatic rings. The highest BCUT2D eigenvalue weighted by Gasteiger charge is 2.24. The molecule has 28 heteroatoms. The zero-order chi connectivity index (χ0) is 73.4. The van der Waals surface area contributed by atoms with Crippen molar-refractivity contribution in [3.63, 3.8) is 0 Å². The fourth-order valence-corrected chi connectivity index (χ4v) is 34.3. The summed E-state index contributed by atoms with van der Waals surface area (Å²) in [6, 6.07) is 18.1. The average molecular weight is 1780 g/mol. The number of hydrogen-bond acceptors (Lipinski definition) is 28. The van der Waals surface area contributed by atoms with E-state index in [1.165, 1.54) is 33.7 Å². The summed E-state index contributed by atoms with van der Waals surface area (Å²) in [6.07, 6.45) is 16.0. The first-order chi connectivity index (χ1) is 50.8. The molecule has 0 aliphatic carbocycles. The second kappa shape index (κ2) is 48.3. The number of hydrogen-bond donors (Lipinski definition) is 0. The normalized spacial score (nSPS) is 13.5. The molecule has 14 heterocycles. The molecule has 4 aromatic heterocycles. The number of rotatable bonds is 32. The van der Waals surface area contributed by atoms with E-state index < -0.39 is 0 Å². The maximum absolute atomic E-state index is 6.78. The van der Waals surface area contributed by atoms with Gasteiger partial charge in [-0.15, -0.1) is 185 Å². The van der Waals surface area contributed by atoms with Gasteiger partial charge < -0.3 is 37.9 Å². The molecule has 568 valence electrons. The van der Waals surface area contributed by atoms with Crippen molar-refractivity contribution in [3.8, 4) is 46.0 Å². The lowest BCUT2D eigenvalue weighted by Gasteiger charge is -2.19. The van der Waals surface area contributed by atoms with Crippen molar-refractivity contribution >= 4 is 234 Å². The Kier molecular flexibility index (Phi) is 40.4. The van der Waals surface area contributed by atoms with Crippen molar-refractivity contribution < 1.29 is 37.9 Å². The van der Waals surface area contributed by atoms with E-state index in [0.29, 0.717) is 98.9 Å². The van der Waals surface area contributed by atoms with Gasteiger partial charge in [0.25, 0.3) is 0 Å². The minimum Gasteiger partial charge on any atom is -0.493 e. The Bertz CT molecular complexity index is 3400. The van der Waals surface area contributed by atoms with E-state index in [-0.39, 0.29) is 0 Å². The van der Waals surface area contributed by atoms with Crippen molar-refractivity contribution in [2.45, 2.75) is 238 Å². The molecule has 8 nitrogen and oxygen atoms in total. The highest BCUT2D eigenvalue weighted by atomic mass is 32.2. The van der Waals surface area contributed by atoms with Gasteiger partial charge in [-0.1, -0.05) is 156 Å². The first-order valence-electron chi connectivity index (χ1n) is 36.1. The van der Waals surface area contributed by atoms with E-state index in [0.717, 1.165) is 206 Å². The minimum atomic E-state index is 0.638. The fourth-order valence-electron chi connectivity index (χ4n) is 10.0. The summed E-state index contributed by atoms with van der Waals surface area (Å²) in [5, 5.41) is 0. The first-order valence-corrected chi connectivity index (χ1v) is 52.1. The van der Waals surface area contributed by atoms with Crippen LogP contribution >= 0.6 is 234 Å². The molecule has 10 aliphatic heterocycles. The number of benzene rings is 4. The summed E-state index contributed by atoms with van der Waals surface area (Å²) in [5.41, 5.74) is 8.92. The quantitative estimate of drug-likeness (QED) is 0.0296. The van der Waals surface area contributed by atoms with Gasteiger partial charge in [-0.2, -0.15) is 0 Å². The summed E-state index contributed by atoms with van der Waals surface area (Å²) in [4.78, 5) is 0. The molecule has 8 bridgehead atoms. The zero-order valence-electron chi connectivity index (χ0n) is 60.7. The van der Waals surface area contributed by atoms with Crippen LogP contribution in [0.1, 0.15) is 203 Å². The van der Waals surface area contributed by atoms with Gasteiger partial charge in [0.05, 0.1) is 86.5 Å². The van der Waals surface area contributed by atoms with Crippen molar-refractivity contribution in [3.05, 3.63) is 106 Å². The topological polar surface area (TPSA) is 73.8 Å². The maximum atomic E-state index is 6.78. The Balaban J connectivity index is 1.12. The molecule has 10 aliphatic rings. The van der Waals surface area contributed by atoms with Crippen molar-refractivity contribution in [1.82, 2.24) is 0 Å². The Hall–Kier alpha value is -0.840. The van der Waals surface area contributed by atoms with E-state index >= 15 is 0 Å². The Labute approximate surface area is 705 Å². The number of unbranched alkanes of at least 4 members (excludes halogenated alkanes) is 8. The molecule has 104 heavy (non-hydrogen) atoms. The summed E-state index contributed by atoms with van der Waals surface area (Å²) >= 11 is 52.4. The number of thioether (sulfide) groups is 8. The van der Waals surface area contributed by atoms with Gasteiger partial charge in [-0.05, 0) is 99.9 Å². The fraction of sp³-hybridized carbons (Fsp3) is 0.526. The predicted molar refractivity (Wildman–Crippen MR) is 478 cm³/mol. The highest BCUT2D eigenvalue weighted by Crippen LogP contribution is 2.52. The lowest BCUT2D eigenvalue weighted by Crippen LogP contribution is -2.05. The van der Waals surface area contributed by atoms with Gasteiger partial charge >= 0.3 is 0 Å². The van der Waals surface area contributed by atoms with Gasteiger partial charge in [0.2, 0.25) is 0 Å². The first kappa shape index (κ1) is 87.1. The van der Waals surface area contributed by atoms with Crippen LogP contribution in [-0.2, 0) is 46.0 Å². The van der Waals surface area contributed by atoms with Crippen molar-refractivity contribution in [1.29, 1.82) is 0 Å². The van der Waals surface area contributed by atoms with Crippen molar-refractivity contribution in [2.24, 2.45) is 0 Å². The second-order valence-corrected chi connectivity index (χ2v) is 47.2. The van der Waals surface area contributed by atoms with Crippen LogP contribution in [0, 0.1) is 12.6 Å². The van der Waals surface area contributed by atoms with Crippen LogP contribution in [0.2, 0.25) is 0 Å². The van der Waals surface area contributed by atoms with Crippen LogP contribution in [0.4, 0.5) is 0 Å². The van der Waals surface area contributed by atoms with E-state index in [4.69, 9.17) is 86.8 Å². The molecule has 0 amide bonds. The Morgan fingerprint density at radius 2 is 0.327 bits per heavy atom. The van der Waals surface area contributed by atoms with E-state index in [1.807, 2.05) is 94.1 Å². The second-order valence-electron chi connectivity index (χ2n) is 24.3. The maximum Gasteiger partial charge on any atom is 0.145 e. The molecule has 0 radical (unpaired) electrons. The summed E-state index contributed by atoms with van der Waals surface area (Å²) in [6.45, 7) is 22.8. The van der Waals surface area contributed by atoms with Gasteiger partial charge in [0, 0.05) is 90.5 Å². The summed E-state index contributed by atoms with van der Waals surface area (Å²) in [5.74, 6) is 12.8. The minimum absolute atomic E-state index is 0.638. The van der Waals surface area contributed by atoms with Gasteiger partial charge in [-0.25, -0.2) is 0 Å². The van der Waals surface area contributed by atoms with Crippen LogP contribution in [-0.4, -0.2) is 52.9 Å². The average Bonchev–Trinajstić information content (AvgIpc) is 1.29. The third kappa shape index (κ3) is 27.8. The molecule has 0 atom stereocenters. The highest BCUT2D eigenvalue weighted by molar-refractivity contribution is 8.06. The molecule has 18 rings (SSSR count). The van der Waals surface area contributed by atoms with Gasteiger partial charge in [0.1, 0.15) is 58.5 Å². The smallest absolute Gasteiger partial charge is 0.145 e. The summed E-state index contributed by atoms with van der Waals surface area (Å²) in [7, 11) is 0. The summed E-state index contributed by atoms with van der Waals surface area (Å²) < 4.78 is 67.6. The monoisotopic (exact) mass is 1780 g/mol. The zero-order valence-corrected chi connectivity index (χ0v) is 77.0. The largest absolute Gasteiger partial charge is 0.493 e. The molecule has 0 saturated carbocycles. The molecule has 4 aromatic carbocycles. The standard InChI is InChI=1S/C76H96O8S20/c1-9-17-25-77-57-33-50-42-90-67-68(100-74(86)99-67)92-44-52-36-62(82-30-22-14-6)54(38-61(52)81-29-21-13-5)46-94-71-72(104-76(88)103-71)96-48-56-40-63(83-31-23-15-7)55(39-64(56)84-32-24-16-8)47-95-70-69(101-75(87)102-70)93-45-53-37-59(79-27-19-11-3)51(35-60(53)80-28-20-12-4)43-91-66-65(97-73(85)98-66)89-41-49(57)34-58(50)78-26-18-10-2/h33-40H,9-32,41-48H2,1-8H3. The molecule has 0 saturated heterocycles. The Morgan fingerprint density at radius 3 is 0.433 bits per heavy atom. The van der Waals surface area contributed by atoms with Crippen molar-refractivity contribution in [2.75, 3.05) is 52.9 Å². The van der Waals surface area contributed by atoms with E-state index in [2.05, 4.69) is 104 Å². The molecular weight excluding hydrogens is 1680 g/mol. The SMILES string of the molecule is CCCCOc1cc2c(OCCCC)cc1CSc1sc(=S)sc1SCc1cc(OCCCC)c(cc1OCCCC)CSc1sc(=S)sc1SCc1cc(OCCCC)c(cc1OCCCC)CSc1sc(=S)sc1SCc1cc(OCCCC)c(cc1OCCCC)CSc1sc(=S)sc1SC2. The van der Waals surface area contributed by atoms with Crippen LogP contribution in [0.3, 0.4) is 0 Å². The molecule has 0 unspecified atom stereocenters. The predicted octanol–water partition coefficient (Wildman–Crippen LogP) is 31.2. The van der Waals surface area contributed by atoms with Crippen LogP contribution in [0.25, 0.3) is 0 Å². The molecule has 0 N–H and O–H groups in total. The number of ether oxygens (including phenoxy) is 8.